The second-order valence-corrected chi connectivity index (χ2v) is 1.48. The number of hydrogen-bond acceptors (Lipinski definition) is 3. The van der Waals surface area contributed by atoms with Gasteiger partial charge in [-0.2, -0.15) is 22.0 Å². The molecule has 0 saturated heterocycles. The summed E-state index contributed by atoms with van der Waals surface area (Å²) in [6.07, 6.45) is -10.2. The van der Waals surface area contributed by atoms with Crippen molar-refractivity contribution in [2.75, 3.05) is 7.11 Å². The molecule has 0 aromatic carbocycles. The summed E-state index contributed by atoms with van der Waals surface area (Å²) in [6, 6.07) is 0. The normalized spacial score (nSPS) is 13.5. The summed E-state index contributed by atoms with van der Waals surface area (Å²) in [5, 5.41) is 2.42. The molecule has 0 unspecified atom stereocenters. The van der Waals surface area contributed by atoms with Crippen LogP contribution in [0.5, 0.6) is 0 Å². The van der Waals surface area contributed by atoms with Gasteiger partial charge in [0.05, 0.1) is 0 Å². The molecule has 0 fully saturated rings. The zero-order chi connectivity index (χ0) is 9.83. The number of nitrogens with zero attached hydrogens (tertiary/aromatic N) is 1. The first-order valence-corrected chi connectivity index (χ1v) is 2.42. The molecule has 0 aliphatic carbocycles. The third-order valence-corrected chi connectivity index (χ3v) is 0.632. The number of alkyl halides is 5. The predicted molar refractivity (Wildman–Crippen MR) is 26.5 cm³/mol. The summed E-state index contributed by atoms with van der Waals surface area (Å²) >= 11 is 0. The highest BCUT2D eigenvalue weighted by atomic mass is 19.4. The van der Waals surface area contributed by atoms with Crippen LogP contribution in [-0.2, 0) is 9.57 Å². The number of ether oxygens (including phenoxy) is 1. The first kappa shape index (κ1) is 10.9. The van der Waals surface area contributed by atoms with Crippen LogP contribution in [0, 0.1) is 0 Å². The minimum atomic E-state index is -5.79. The van der Waals surface area contributed by atoms with Crippen LogP contribution in [0.15, 0.2) is 5.16 Å². The van der Waals surface area contributed by atoms with E-state index in [0.717, 1.165) is 13.5 Å². The van der Waals surface area contributed by atoms with Crippen LogP contribution in [0.2, 0.25) is 0 Å². The highest BCUT2D eigenvalue weighted by Crippen LogP contribution is 2.35. The molecule has 0 bridgehead atoms. The fraction of sp³-hybridized carbons (Fsp3) is 0.750. The van der Waals surface area contributed by atoms with E-state index in [9.17, 15) is 22.0 Å². The molecule has 0 aliphatic rings. The van der Waals surface area contributed by atoms with Gasteiger partial charge in [0.25, 0.3) is 0 Å². The van der Waals surface area contributed by atoms with Gasteiger partial charge in [0.15, 0.2) is 0 Å². The standard InChI is InChI=1S/C4H3F5NO2/c1-11-10-2-12-4(8,9)3(5,6)7/h1H3. The van der Waals surface area contributed by atoms with Gasteiger partial charge >= 0.3 is 18.7 Å². The Morgan fingerprint density at radius 3 is 2.00 bits per heavy atom. The van der Waals surface area contributed by atoms with Crippen molar-refractivity contribution in [3.63, 3.8) is 0 Å². The van der Waals surface area contributed by atoms with Gasteiger partial charge in [0, 0.05) is 0 Å². The first-order valence-electron chi connectivity index (χ1n) is 2.42. The first-order chi connectivity index (χ1) is 5.31. The summed E-state index contributed by atoms with van der Waals surface area (Å²) < 4.78 is 60.1. The Hall–Kier alpha value is -1.08. The van der Waals surface area contributed by atoms with Crippen LogP contribution >= 0.6 is 0 Å². The molecule has 0 aromatic heterocycles. The van der Waals surface area contributed by atoms with Crippen molar-refractivity contribution in [1.29, 1.82) is 0 Å². The topological polar surface area (TPSA) is 30.8 Å². The molecule has 0 saturated carbocycles. The molecule has 0 spiro atoms. The number of rotatable bonds is 3. The largest absolute Gasteiger partial charge is 0.500 e. The maximum absolute atomic E-state index is 11.7. The van der Waals surface area contributed by atoms with E-state index in [1.54, 1.807) is 0 Å². The molecule has 0 amide bonds. The van der Waals surface area contributed by atoms with E-state index < -0.39 is 12.3 Å². The monoisotopic (exact) mass is 192 g/mol. The molecule has 1 radical (unpaired) electrons. The average molecular weight is 192 g/mol. The van der Waals surface area contributed by atoms with E-state index in [2.05, 4.69) is 14.7 Å². The third kappa shape index (κ3) is 2.89. The van der Waals surface area contributed by atoms with Crippen molar-refractivity contribution in [3.05, 3.63) is 0 Å². The van der Waals surface area contributed by atoms with Gasteiger partial charge < -0.3 is 9.57 Å². The van der Waals surface area contributed by atoms with Crippen molar-refractivity contribution in [3.8, 4) is 0 Å². The van der Waals surface area contributed by atoms with E-state index in [-0.39, 0.29) is 0 Å². The molecule has 0 aromatic rings. The van der Waals surface area contributed by atoms with Crippen molar-refractivity contribution < 1.29 is 31.5 Å². The summed E-state index contributed by atoms with van der Waals surface area (Å²) in [5.74, 6) is 0. The Balaban J connectivity index is 4.14. The van der Waals surface area contributed by atoms with E-state index in [0.29, 0.717) is 0 Å². The van der Waals surface area contributed by atoms with Gasteiger partial charge in [0.2, 0.25) is 0 Å². The van der Waals surface area contributed by atoms with Crippen LogP contribution in [-0.4, -0.2) is 25.8 Å². The number of hydrogen-bond donors (Lipinski definition) is 0. The second-order valence-electron chi connectivity index (χ2n) is 1.48. The van der Waals surface area contributed by atoms with E-state index in [4.69, 9.17) is 0 Å². The lowest BCUT2D eigenvalue weighted by Gasteiger charge is -2.15. The van der Waals surface area contributed by atoms with Crippen LogP contribution in [0.4, 0.5) is 22.0 Å². The van der Waals surface area contributed by atoms with Crippen LogP contribution < -0.4 is 0 Å². The highest BCUT2D eigenvalue weighted by molar-refractivity contribution is 5.45. The van der Waals surface area contributed by atoms with Gasteiger partial charge in [-0.05, 0) is 5.16 Å². The zero-order valence-electron chi connectivity index (χ0n) is 5.65. The fourth-order valence-electron chi connectivity index (χ4n) is 0.171. The van der Waals surface area contributed by atoms with Crippen LogP contribution in [0.25, 0.3) is 0 Å². The van der Waals surface area contributed by atoms with Gasteiger partial charge in [-0.15, -0.1) is 0 Å². The fourth-order valence-corrected chi connectivity index (χ4v) is 0.171. The zero-order valence-corrected chi connectivity index (χ0v) is 5.65. The second kappa shape index (κ2) is 3.55. The van der Waals surface area contributed by atoms with E-state index >= 15 is 0 Å². The lowest BCUT2D eigenvalue weighted by molar-refractivity contribution is -0.364. The van der Waals surface area contributed by atoms with Crippen LogP contribution in [0.3, 0.4) is 0 Å². The predicted octanol–water partition coefficient (Wildman–Crippen LogP) is 1.62. The SMILES string of the molecule is CO/N=[C]/OC(F)(F)C(F)(F)F. The Morgan fingerprint density at radius 2 is 1.67 bits per heavy atom. The van der Waals surface area contributed by atoms with Crippen molar-refractivity contribution in [2.45, 2.75) is 12.3 Å². The Bertz CT molecular complexity index is 165. The highest BCUT2D eigenvalue weighted by Gasteiger charge is 2.61. The molecule has 0 atom stereocenters. The maximum Gasteiger partial charge on any atom is 0.500 e. The van der Waals surface area contributed by atoms with Crippen molar-refractivity contribution in [1.82, 2.24) is 0 Å². The molecule has 0 rings (SSSR count). The van der Waals surface area contributed by atoms with Gasteiger partial charge in [-0.1, -0.05) is 0 Å². The molecule has 71 valence electrons. The van der Waals surface area contributed by atoms with E-state index in [1.165, 1.54) is 0 Å². The Morgan fingerprint density at radius 1 is 1.17 bits per heavy atom. The van der Waals surface area contributed by atoms with Gasteiger partial charge in [0.1, 0.15) is 7.11 Å². The Kier molecular flexibility index (Phi) is 3.23. The quantitative estimate of drug-likeness (QED) is 0.294. The maximum atomic E-state index is 11.7. The minimum Gasteiger partial charge on any atom is -0.400 e. The summed E-state index contributed by atoms with van der Waals surface area (Å²) in [4.78, 5) is 3.74. The molecular weight excluding hydrogens is 189 g/mol. The smallest absolute Gasteiger partial charge is 0.400 e. The van der Waals surface area contributed by atoms with Crippen molar-refractivity contribution in [2.24, 2.45) is 5.16 Å². The lowest BCUT2D eigenvalue weighted by atomic mass is 10.6. The van der Waals surface area contributed by atoms with E-state index in [1.807, 2.05) is 0 Å². The van der Waals surface area contributed by atoms with Gasteiger partial charge in [-0.25, -0.2) is 0 Å². The molecular formula is C4H3F5NO2. The average Bonchev–Trinajstić information content (AvgIpc) is 1.85. The summed E-state index contributed by atoms with van der Waals surface area (Å²) in [5.41, 5.74) is 0. The molecule has 0 N–H and O–H groups in total. The van der Waals surface area contributed by atoms with Crippen LogP contribution in [0.1, 0.15) is 0 Å². The molecule has 0 aliphatic heterocycles. The number of halogens is 5. The van der Waals surface area contributed by atoms with Crippen molar-refractivity contribution >= 4 is 6.40 Å². The molecule has 3 nitrogen and oxygen atoms in total. The lowest BCUT2D eigenvalue weighted by Crippen LogP contribution is -2.38. The minimum absolute atomic E-state index is 0.915. The molecule has 12 heavy (non-hydrogen) atoms. The Labute approximate surface area is 63.7 Å². The van der Waals surface area contributed by atoms with Gasteiger partial charge in [-0.3, -0.25) is 0 Å². The summed E-state index contributed by atoms with van der Waals surface area (Å²) in [6.45, 7) is 0. The molecule has 8 heteroatoms. The third-order valence-electron chi connectivity index (χ3n) is 0.632. The molecule has 0 heterocycles. The summed E-state index contributed by atoms with van der Waals surface area (Å²) in [7, 11) is 0.933.